The van der Waals surface area contributed by atoms with Gasteiger partial charge in [-0.2, -0.15) is 0 Å². The minimum atomic E-state index is 0.253. The molecule has 4 heteroatoms. The van der Waals surface area contributed by atoms with Crippen LogP contribution in [0, 0.1) is 0 Å². The zero-order chi connectivity index (χ0) is 13.7. The Kier molecular flexibility index (Phi) is 5.28. The molecule has 1 aliphatic rings. The van der Waals surface area contributed by atoms with Crippen LogP contribution in [-0.2, 0) is 17.8 Å². The summed E-state index contributed by atoms with van der Waals surface area (Å²) < 4.78 is 0. The predicted molar refractivity (Wildman–Crippen MR) is 81.2 cm³/mol. The topological polar surface area (TPSA) is 46.3 Å². The number of nitrogens with two attached hydrogens (primary N) is 1. The van der Waals surface area contributed by atoms with E-state index >= 15 is 0 Å². The lowest BCUT2D eigenvalue weighted by Gasteiger charge is -2.29. The number of fused-ring (bicyclic) bond motifs is 1. The van der Waals surface area contributed by atoms with Gasteiger partial charge in [0.25, 0.3) is 0 Å². The molecule has 1 unspecified atom stereocenters. The smallest absolute Gasteiger partial charge is 0.232 e. The third-order valence-corrected chi connectivity index (χ3v) is 4.77. The van der Waals surface area contributed by atoms with E-state index in [9.17, 15) is 4.79 Å². The molecule has 2 rings (SSSR count). The van der Waals surface area contributed by atoms with Crippen LogP contribution in [0.1, 0.15) is 24.5 Å². The molecule has 0 aromatic heterocycles. The van der Waals surface area contributed by atoms with Crippen molar-refractivity contribution >= 4 is 17.7 Å². The van der Waals surface area contributed by atoms with Crippen LogP contribution in [0.25, 0.3) is 0 Å². The van der Waals surface area contributed by atoms with E-state index in [0.717, 1.165) is 25.9 Å². The summed E-state index contributed by atoms with van der Waals surface area (Å²) in [5.74, 6) is 0.826. The molecule has 0 saturated carbocycles. The van der Waals surface area contributed by atoms with Crippen LogP contribution < -0.4 is 5.73 Å². The largest absolute Gasteiger partial charge is 0.337 e. The average molecular weight is 278 g/mol. The van der Waals surface area contributed by atoms with Crippen LogP contribution in [0.2, 0.25) is 0 Å². The molecule has 0 saturated heterocycles. The number of benzene rings is 1. The zero-order valence-electron chi connectivity index (χ0n) is 11.5. The third kappa shape index (κ3) is 3.98. The Hall–Kier alpha value is -1.00. The van der Waals surface area contributed by atoms with Crippen molar-refractivity contribution in [1.82, 2.24) is 4.90 Å². The number of hydrogen-bond donors (Lipinski definition) is 1. The maximum atomic E-state index is 12.2. The molecule has 0 spiro atoms. The van der Waals surface area contributed by atoms with Crippen LogP contribution in [0.15, 0.2) is 24.3 Å². The van der Waals surface area contributed by atoms with Gasteiger partial charge in [-0.25, -0.2) is 0 Å². The Morgan fingerprint density at radius 2 is 2.16 bits per heavy atom. The lowest BCUT2D eigenvalue weighted by molar-refractivity contribution is -0.129. The van der Waals surface area contributed by atoms with Crippen LogP contribution in [0.5, 0.6) is 0 Å². The van der Waals surface area contributed by atoms with Gasteiger partial charge >= 0.3 is 0 Å². The molecule has 104 valence electrons. The first kappa shape index (κ1) is 14.4. The van der Waals surface area contributed by atoms with Crippen molar-refractivity contribution < 1.29 is 4.79 Å². The van der Waals surface area contributed by atoms with Gasteiger partial charge in [-0.1, -0.05) is 31.2 Å². The highest BCUT2D eigenvalue weighted by Crippen LogP contribution is 2.20. The van der Waals surface area contributed by atoms with Gasteiger partial charge < -0.3 is 10.6 Å². The second-order valence-electron chi connectivity index (χ2n) is 5.03. The minimum Gasteiger partial charge on any atom is -0.337 e. The second-order valence-corrected chi connectivity index (χ2v) is 6.46. The summed E-state index contributed by atoms with van der Waals surface area (Å²) in [6.45, 7) is 4.44. The Morgan fingerprint density at radius 3 is 2.89 bits per heavy atom. The van der Waals surface area contributed by atoms with Crippen molar-refractivity contribution in [2.24, 2.45) is 5.73 Å². The Morgan fingerprint density at radius 1 is 1.42 bits per heavy atom. The van der Waals surface area contributed by atoms with Gasteiger partial charge in [0.2, 0.25) is 5.91 Å². The van der Waals surface area contributed by atoms with E-state index < -0.39 is 0 Å². The van der Waals surface area contributed by atoms with Crippen LogP contribution in [-0.4, -0.2) is 34.9 Å². The molecule has 2 N–H and O–H groups in total. The molecule has 1 heterocycles. The average Bonchev–Trinajstić information content (AvgIpc) is 2.44. The first-order valence-corrected chi connectivity index (χ1v) is 7.92. The highest BCUT2D eigenvalue weighted by atomic mass is 32.2. The number of carbonyl (C=O) groups excluding carboxylic acids is 1. The van der Waals surface area contributed by atoms with Gasteiger partial charge in [0.05, 0.1) is 5.75 Å². The zero-order valence-corrected chi connectivity index (χ0v) is 12.3. The van der Waals surface area contributed by atoms with Gasteiger partial charge in [-0.15, -0.1) is 11.8 Å². The van der Waals surface area contributed by atoms with E-state index in [0.29, 0.717) is 17.5 Å². The SMILES string of the molecule is CC(CCN)SCC(=O)N1CCc2ccccc2C1. The summed E-state index contributed by atoms with van der Waals surface area (Å²) in [4.78, 5) is 14.2. The van der Waals surface area contributed by atoms with Gasteiger partial charge in [0.1, 0.15) is 0 Å². The molecule has 1 amide bonds. The fourth-order valence-corrected chi connectivity index (χ4v) is 3.24. The summed E-state index contributed by atoms with van der Waals surface area (Å²) in [6.07, 6.45) is 1.95. The highest BCUT2D eigenvalue weighted by Gasteiger charge is 2.20. The molecule has 1 aromatic rings. The number of rotatable bonds is 5. The van der Waals surface area contributed by atoms with Gasteiger partial charge in [0, 0.05) is 18.3 Å². The van der Waals surface area contributed by atoms with Crippen molar-refractivity contribution in [3.05, 3.63) is 35.4 Å². The molecule has 0 radical (unpaired) electrons. The van der Waals surface area contributed by atoms with Crippen molar-refractivity contribution in [3.63, 3.8) is 0 Å². The third-order valence-electron chi connectivity index (χ3n) is 3.55. The highest BCUT2D eigenvalue weighted by molar-refractivity contribution is 8.00. The maximum absolute atomic E-state index is 12.2. The molecular formula is C15H22N2OS. The lowest BCUT2D eigenvalue weighted by Crippen LogP contribution is -2.37. The fourth-order valence-electron chi connectivity index (χ4n) is 2.33. The van der Waals surface area contributed by atoms with Crippen molar-refractivity contribution in [3.8, 4) is 0 Å². The van der Waals surface area contributed by atoms with E-state index in [1.807, 2.05) is 11.0 Å². The van der Waals surface area contributed by atoms with Crippen molar-refractivity contribution in [1.29, 1.82) is 0 Å². The summed E-state index contributed by atoms with van der Waals surface area (Å²) in [7, 11) is 0. The molecule has 3 nitrogen and oxygen atoms in total. The van der Waals surface area contributed by atoms with Gasteiger partial charge in [-0.05, 0) is 30.5 Å². The van der Waals surface area contributed by atoms with Crippen LogP contribution in [0.4, 0.5) is 0 Å². The molecule has 0 fully saturated rings. The number of thioether (sulfide) groups is 1. The summed E-state index contributed by atoms with van der Waals surface area (Å²) in [5, 5.41) is 0.464. The molecule has 1 atom stereocenters. The van der Waals surface area contributed by atoms with Gasteiger partial charge in [-0.3, -0.25) is 4.79 Å². The van der Waals surface area contributed by atoms with Crippen LogP contribution in [0.3, 0.4) is 0 Å². The normalized spacial score (nSPS) is 16.0. The standard InChI is InChI=1S/C15H22N2OS/c1-12(6-8-16)19-11-15(18)17-9-7-13-4-2-3-5-14(13)10-17/h2-5,12H,6-11,16H2,1H3. The van der Waals surface area contributed by atoms with Gasteiger partial charge in [0.15, 0.2) is 0 Å². The number of carbonyl (C=O) groups is 1. The van der Waals surface area contributed by atoms with E-state index in [2.05, 4.69) is 25.1 Å². The summed E-state index contributed by atoms with van der Waals surface area (Å²) >= 11 is 1.71. The number of hydrogen-bond acceptors (Lipinski definition) is 3. The van der Waals surface area contributed by atoms with E-state index in [-0.39, 0.29) is 5.91 Å². The summed E-state index contributed by atoms with van der Waals surface area (Å²) in [5.41, 5.74) is 8.20. The quantitative estimate of drug-likeness (QED) is 0.896. The number of amides is 1. The van der Waals surface area contributed by atoms with E-state index in [1.54, 1.807) is 11.8 Å². The van der Waals surface area contributed by atoms with Crippen molar-refractivity contribution in [2.45, 2.75) is 31.6 Å². The first-order chi connectivity index (χ1) is 9.20. The van der Waals surface area contributed by atoms with Crippen LogP contribution >= 0.6 is 11.8 Å². The molecule has 0 bridgehead atoms. The first-order valence-electron chi connectivity index (χ1n) is 6.87. The Labute approximate surface area is 119 Å². The molecule has 1 aliphatic heterocycles. The lowest BCUT2D eigenvalue weighted by atomic mass is 10.00. The predicted octanol–water partition coefficient (Wildman–Crippen LogP) is 2.04. The molecular weight excluding hydrogens is 256 g/mol. The monoisotopic (exact) mass is 278 g/mol. The summed E-state index contributed by atoms with van der Waals surface area (Å²) in [6, 6.07) is 8.40. The maximum Gasteiger partial charge on any atom is 0.232 e. The van der Waals surface area contributed by atoms with Crippen molar-refractivity contribution in [2.75, 3.05) is 18.8 Å². The second kappa shape index (κ2) is 6.96. The fraction of sp³-hybridized carbons (Fsp3) is 0.533. The minimum absolute atomic E-state index is 0.253. The Balaban J connectivity index is 1.85. The molecule has 19 heavy (non-hydrogen) atoms. The Bertz CT molecular complexity index is 436. The number of nitrogens with zero attached hydrogens (tertiary/aromatic N) is 1. The molecule has 0 aliphatic carbocycles. The van der Waals surface area contributed by atoms with E-state index in [4.69, 9.17) is 5.73 Å². The van der Waals surface area contributed by atoms with E-state index in [1.165, 1.54) is 11.1 Å². The molecule has 1 aromatic carbocycles.